The van der Waals surface area contributed by atoms with Gasteiger partial charge in [-0.05, 0) is 31.5 Å². The van der Waals surface area contributed by atoms with Crippen LogP contribution in [0, 0.1) is 0 Å². The van der Waals surface area contributed by atoms with Crippen molar-refractivity contribution in [3.63, 3.8) is 0 Å². The van der Waals surface area contributed by atoms with Crippen LogP contribution in [0.1, 0.15) is 18.6 Å². The van der Waals surface area contributed by atoms with Crippen molar-refractivity contribution in [3.8, 4) is 0 Å². The Balaban J connectivity index is 1.81. The van der Waals surface area contributed by atoms with E-state index in [1.54, 1.807) is 18.2 Å². The van der Waals surface area contributed by atoms with Crippen LogP contribution in [-0.4, -0.2) is 66.7 Å². The van der Waals surface area contributed by atoms with Gasteiger partial charge < -0.3 is 19.7 Å². The first-order valence-electron chi connectivity index (χ1n) is 7.52. The standard InChI is InChI=1S/C15H25N3O3/c1-17(11-14-5-3-9-21-14)15(20)12-18(7-8-19)10-13-4-2-6-16-13/h3,5,9,13,16,19H,2,4,6-8,10-12H2,1H3. The van der Waals surface area contributed by atoms with E-state index in [2.05, 4.69) is 5.32 Å². The minimum Gasteiger partial charge on any atom is -0.467 e. The molecule has 118 valence electrons. The van der Waals surface area contributed by atoms with E-state index in [4.69, 9.17) is 9.52 Å². The van der Waals surface area contributed by atoms with Crippen molar-refractivity contribution in [1.82, 2.24) is 15.1 Å². The number of furan rings is 1. The van der Waals surface area contributed by atoms with E-state index in [1.165, 1.54) is 6.42 Å². The molecule has 6 heteroatoms. The summed E-state index contributed by atoms with van der Waals surface area (Å²) < 4.78 is 5.26. The molecule has 0 saturated carbocycles. The summed E-state index contributed by atoms with van der Waals surface area (Å²) in [5.74, 6) is 0.815. The molecule has 1 aliphatic rings. The largest absolute Gasteiger partial charge is 0.467 e. The zero-order valence-corrected chi connectivity index (χ0v) is 12.6. The van der Waals surface area contributed by atoms with Crippen LogP contribution < -0.4 is 5.32 Å². The number of carbonyl (C=O) groups is 1. The van der Waals surface area contributed by atoms with Gasteiger partial charge in [0.2, 0.25) is 5.91 Å². The van der Waals surface area contributed by atoms with Gasteiger partial charge in [0.15, 0.2) is 0 Å². The molecule has 1 atom stereocenters. The van der Waals surface area contributed by atoms with Gasteiger partial charge in [-0.3, -0.25) is 9.69 Å². The average Bonchev–Trinajstić information content (AvgIpc) is 3.12. The molecule has 1 amide bonds. The second-order valence-corrected chi connectivity index (χ2v) is 5.58. The van der Waals surface area contributed by atoms with E-state index in [-0.39, 0.29) is 12.5 Å². The van der Waals surface area contributed by atoms with E-state index >= 15 is 0 Å². The van der Waals surface area contributed by atoms with Gasteiger partial charge in [0.1, 0.15) is 5.76 Å². The highest BCUT2D eigenvalue weighted by atomic mass is 16.3. The van der Waals surface area contributed by atoms with Crippen LogP contribution in [0.15, 0.2) is 22.8 Å². The second-order valence-electron chi connectivity index (χ2n) is 5.58. The Morgan fingerprint density at radius 1 is 1.57 bits per heavy atom. The summed E-state index contributed by atoms with van der Waals surface area (Å²) in [6.45, 7) is 3.25. The number of hydrogen-bond acceptors (Lipinski definition) is 5. The van der Waals surface area contributed by atoms with Crippen LogP contribution in [0.3, 0.4) is 0 Å². The van der Waals surface area contributed by atoms with Gasteiger partial charge in [0, 0.05) is 26.2 Å². The normalized spacial score (nSPS) is 18.3. The SMILES string of the molecule is CN(Cc1ccco1)C(=O)CN(CCO)CC1CCCN1. The van der Waals surface area contributed by atoms with Crippen molar-refractivity contribution in [2.75, 3.05) is 39.8 Å². The van der Waals surface area contributed by atoms with E-state index in [0.29, 0.717) is 25.7 Å². The van der Waals surface area contributed by atoms with Crippen LogP contribution in [-0.2, 0) is 11.3 Å². The van der Waals surface area contributed by atoms with Crippen LogP contribution in [0.25, 0.3) is 0 Å². The molecule has 1 aromatic heterocycles. The highest BCUT2D eigenvalue weighted by Crippen LogP contribution is 2.08. The molecule has 0 aromatic carbocycles. The van der Waals surface area contributed by atoms with Crippen molar-refractivity contribution in [3.05, 3.63) is 24.2 Å². The molecular weight excluding hydrogens is 270 g/mol. The first kappa shape index (κ1) is 16.0. The van der Waals surface area contributed by atoms with Crippen molar-refractivity contribution in [2.24, 2.45) is 0 Å². The summed E-state index contributed by atoms with van der Waals surface area (Å²) in [4.78, 5) is 15.9. The highest BCUT2D eigenvalue weighted by Gasteiger charge is 2.21. The zero-order valence-electron chi connectivity index (χ0n) is 12.6. The molecule has 1 aromatic rings. The third kappa shape index (κ3) is 5.15. The molecule has 1 fully saturated rings. The lowest BCUT2D eigenvalue weighted by Crippen LogP contribution is -2.44. The molecular formula is C15H25N3O3. The number of aliphatic hydroxyl groups is 1. The Bertz CT molecular complexity index is 416. The van der Waals surface area contributed by atoms with Crippen molar-refractivity contribution >= 4 is 5.91 Å². The van der Waals surface area contributed by atoms with Gasteiger partial charge >= 0.3 is 0 Å². The van der Waals surface area contributed by atoms with Crippen molar-refractivity contribution < 1.29 is 14.3 Å². The molecule has 2 rings (SSSR count). The molecule has 1 unspecified atom stereocenters. The number of hydrogen-bond donors (Lipinski definition) is 2. The van der Waals surface area contributed by atoms with Crippen LogP contribution >= 0.6 is 0 Å². The number of amides is 1. The Morgan fingerprint density at radius 2 is 2.43 bits per heavy atom. The van der Waals surface area contributed by atoms with E-state index < -0.39 is 0 Å². The van der Waals surface area contributed by atoms with Gasteiger partial charge in [0.25, 0.3) is 0 Å². The van der Waals surface area contributed by atoms with E-state index in [1.807, 2.05) is 17.0 Å². The molecule has 2 N–H and O–H groups in total. The Hall–Kier alpha value is -1.37. The molecule has 0 spiro atoms. The number of carbonyl (C=O) groups excluding carboxylic acids is 1. The number of likely N-dealkylation sites (N-methyl/N-ethyl adjacent to an activating group) is 1. The topological polar surface area (TPSA) is 69.0 Å². The summed E-state index contributed by atoms with van der Waals surface area (Å²) >= 11 is 0. The van der Waals surface area contributed by atoms with Gasteiger partial charge in [-0.1, -0.05) is 0 Å². The first-order valence-corrected chi connectivity index (χ1v) is 7.52. The maximum Gasteiger partial charge on any atom is 0.236 e. The molecule has 21 heavy (non-hydrogen) atoms. The first-order chi connectivity index (χ1) is 10.2. The third-order valence-corrected chi connectivity index (χ3v) is 3.81. The lowest BCUT2D eigenvalue weighted by atomic mass is 10.2. The smallest absolute Gasteiger partial charge is 0.236 e. The molecule has 0 aliphatic carbocycles. The molecule has 6 nitrogen and oxygen atoms in total. The third-order valence-electron chi connectivity index (χ3n) is 3.81. The second kappa shape index (κ2) is 8.17. The van der Waals surface area contributed by atoms with E-state index in [9.17, 15) is 4.79 Å². The Kier molecular flexibility index (Phi) is 6.22. The summed E-state index contributed by atoms with van der Waals surface area (Å²) in [7, 11) is 1.77. The number of rotatable bonds is 8. The van der Waals surface area contributed by atoms with E-state index in [0.717, 1.165) is 25.3 Å². The molecule has 1 aliphatic heterocycles. The summed E-state index contributed by atoms with van der Waals surface area (Å²) in [5.41, 5.74) is 0. The summed E-state index contributed by atoms with van der Waals surface area (Å²) in [6, 6.07) is 4.11. The Morgan fingerprint density at radius 3 is 3.05 bits per heavy atom. The minimum atomic E-state index is 0.0397. The maximum absolute atomic E-state index is 12.3. The zero-order chi connectivity index (χ0) is 15.1. The fraction of sp³-hybridized carbons (Fsp3) is 0.667. The maximum atomic E-state index is 12.3. The molecule has 0 radical (unpaired) electrons. The van der Waals surface area contributed by atoms with Crippen LogP contribution in [0.5, 0.6) is 0 Å². The lowest BCUT2D eigenvalue weighted by molar-refractivity contribution is -0.132. The molecule has 1 saturated heterocycles. The highest BCUT2D eigenvalue weighted by molar-refractivity contribution is 5.77. The molecule has 0 bridgehead atoms. The Labute approximate surface area is 125 Å². The number of aliphatic hydroxyl groups excluding tert-OH is 1. The fourth-order valence-corrected chi connectivity index (χ4v) is 2.64. The number of nitrogens with one attached hydrogen (secondary N) is 1. The van der Waals surface area contributed by atoms with Crippen LogP contribution in [0.2, 0.25) is 0 Å². The number of nitrogens with zero attached hydrogens (tertiary/aromatic N) is 2. The van der Waals surface area contributed by atoms with Gasteiger partial charge in [-0.2, -0.15) is 0 Å². The van der Waals surface area contributed by atoms with Gasteiger partial charge in [-0.25, -0.2) is 0 Å². The predicted octanol–water partition coefficient (Wildman–Crippen LogP) is 0.284. The van der Waals surface area contributed by atoms with Gasteiger partial charge in [-0.15, -0.1) is 0 Å². The van der Waals surface area contributed by atoms with Gasteiger partial charge in [0.05, 0.1) is 26.0 Å². The monoisotopic (exact) mass is 295 g/mol. The summed E-state index contributed by atoms with van der Waals surface area (Å²) in [5, 5.41) is 12.6. The predicted molar refractivity (Wildman–Crippen MR) is 79.7 cm³/mol. The quantitative estimate of drug-likeness (QED) is 0.721. The van der Waals surface area contributed by atoms with Crippen molar-refractivity contribution in [2.45, 2.75) is 25.4 Å². The average molecular weight is 295 g/mol. The molecule has 2 heterocycles. The van der Waals surface area contributed by atoms with Crippen molar-refractivity contribution in [1.29, 1.82) is 0 Å². The summed E-state index contributed by atoms with van der Waals surface area (Å²) in [6.07, 6.45) is 3.93. The minimum absolute atomic E-state index is 0.0397. The van der Waals surface area contributed by atoms with Crippen LogP contribution in [0.4, 0.5) is 0 Å². The fourth-order valence-electron chi connectivity index (χ4n) is 2.64. The lowest BCUT2D eigenvalue weighted by Gasteiger charge is -2.26.